The average Bonchev–Trinajstić information content (AvgIpc) is 2.50. The first-order valence-electron chi connectivity index (χ1n) is 3.88. The van der Waals surface area contributed by atoms with Crippen molar-refractivity contribution in [3.8, 4) is 0 Å². The Hall–Kier alpha value is -0.750. The molecule has 1 N–H and O–H groups in total. The number of ether oxygens (including phenoxy) is 2. The molecule has 0 bridgehead atoms. The molecule has 0 radical (unpaired) electrons. The summed E-state index contributed by atoms with van der Waals surface area (Å²) in [6.07, 6.45) is -0.374. The molecule has 0 saturated carbocycles. The van der Waals surface area contributed by atoms with Gasteiger partial charge in [0, 0.05) is 13.0 Å². The minimum atomic E-state index is -2.79. The number of alkyl halides is 2. The van der Waals surface area contributed by atoms with Gasteiger partial charge < -0.3 is 14.8 Å². The summed E-state index contributed by atoms with van der Waals surface area (Å²) in [4.78, 5) is 10.9. The number of carbonyl (C=O) groups is 1. The van der Waals surface area contributed by atoms with Crippen LogP contribution in [-0.2, 0) is 14.3 Å². The minimum absolute atomic E-state index is 0.233. The Morgan fingerprint density at radius 2 is 2.31 bits per heavy atom. The summed E-state index contributed by atoms with van der Waals surface area (Å²) in [5.41, 5.74) is 0. The van der Waals surface area contributed by atoms with Gasteiger partial charge in [-0.3, -0.25) is 4.79 Å². The van der Waals surface area contributed by atoms with Crippen molar-refractivity contribution in [1.82, 2.24) is 5.32 Å². The van der Waals surface area contributed by atoms with Crippen LogP contribution in [0.25, 0.3) is 0 Å². The Labute approximate surface area is 74.2 Å². The molecular formula is C7H11F2NO3. The molecule has 0 aromatic carbocycles. The van der Waals surface area contributed by atoms with Gasteiger partial charge in [0.1, 0.15) is 6.04 Å². The van der Waals surface area contributed by atoms with Gasteiger partial charge in [-0.25, -0.2) is 0 Å². The second-order valence-electron chi connectivity index (χ2n) is 2.74. The number of nitrogens with one attached hydrogen (secondary N) is 1. The van der Waals surface area contributed by atoms with Crippen molar-refractivity contribution in [2.75, 3.05) is 13.7 Å². The lowest BCUT2D eigenvalue weighted by Crippen LogP contribution is -2.31. The van der Waals surface area contributed by atoms with Gasteiger partial charge >= 0.3 is 12.6 Å². The molecule has 0 spiro atoms. The van der Waals surface area contributed by atoms with E-state index in [1.165, 1.54) is 7.11 Å². The number of methoxy groups -OCH3 is 1. The quantitative estimate of drug-likeness (QED) is 0.650. The Morgan fingerprint density at radius 3 is 2.85 bits per heavy atom. The Balaban J connectivity index is 2.32. The van der Waals surface area contributed by atoms with E-state index in [0.29, 0.717) is 0 Å². The highest BCUT2D eigenvalue weighted by atomic mass is 19.3. The second-order valence-corrected chi connectivity index (χ2v) is 2.74. The van der Waals surface area contributed by atoms with Crippen LogP contribution < -0.4 is 5.32 Å². The fourth-order valence-corrected chi connectivity index (χ4v) is 1.27. The second kappa shape index (κ2) is 4.48. The van der Waals surface area contributed by atoms with E-state index in [-0.39, 0.29) is 13.0 Å². The average molecular weight is 195 g/mol. The Morgan fingerprint density at radius 1 is 1.62 bits per heavy atom. The Kier molecular flexibility index (Phi) is 3.56. The zero-order valence-electron chi connectivity index (χ0n) is 7.13. The molecule has 1 heterocycles. The molecule has 2 atom stereocenters. The summed E-state index contributed by atoms with van der Waals surface area (Å²) in [6, 6.07) is -0.520. The van der Waals surface area contributed by atoms with Gasteiger partial charge in [0.15, 0.2) is 0 Å². The lowest BCUT2D eigenvalue weighted by Gasteiger charge is -2.09. The van der Waals surface area contributed by atoms with Gasteiger partial charge in [-0.1, -0.05) is 0 Å². The molecule has 1 saturated heterocycles. The topological polar surface area (TPSA) is 47.6 Å². The highest BCUT2D eigenvalue weighted by Gasteiger charge is 2.32. The molecule has 0 aromatic heterocycles. The molecule has 76 valence electrons. The van der Waals surface area contributed by atoms with Crippen molar-refractivity contribution in [1.29, 1.82) is 0 Å². The predicted octanol–water partition coefficient (Wildman–Crippen LogP) is 0.129. The van der Waals surface area contributed by atoms with Gasteiger partial charge in [-0.05, 0) is 0 Å². The zero-order valence-corrected chi connectivity index (χ0v) is 7.13. The van der Waals surface area contributed by atoms with Crippen LogP contribution in [0.5, 0.6) is 0 Å². The maximum atomic E-state index is 11.7. The molecule has 0 amide bonds. The van der Waals surface area contributed by atoms with Crippen molar-refractivity contribution < 1.29 is 23.0 Å². The summed E-state index contributed by atoms with van der Waals surface area (Å²) in [7, 11) is 1.26. The van der Waals surface area contributed by atoms with Crippen LogP contribution in [0.15, 0.2) is 0 Å². The minimum Gasteiger partial charge on any atom is -0.468 e. The third-order valence-corrected chi connectivity index (χ3v) is 1.87. The van der Waals surface area contributed by atoms with E-state index in [4.69, 9.17) is 0 Å². The zero-order chi connectivity index (χ0) is 9.84. The van der Waals surface area contributed by atoms with E-state index < -0.39 is 24.7 Å². The van der Waals surface area contributed by atoms with Crippen molar-refractivity contribution in [2.24, 2.45) is 0 Å². The third-order valence-electron chi connectivity index (χ3n) is 1.87. The number of halogens is 2. The molecule has 1 fully saturated rings. The molecule has 1 rings (SSSR count). The van der Waals surface area contributed by atoms with Crippen LogP contribution in [0.1, 0.15) is 6.42 Å². The highest BCUT2D eigenvalue weighted by Crippen LogP contribution is 2.14. The lowest BCUT2D eigenvalue weighted by molar-refractivity contribution is -0.159. The van der Waals surface area contributed by atoms with Crippen LogP contribution in [0.4, 0.5) is 8.78 Å². The first kappa shape index (κ1) is 10.3. The van der Waals surface area contributed by atoms with Gasteiger partial charge in [-0.2, -0.15) is 8.78 Å². The van der Waals surface area contributed by atoms with Crippen LogP contribution in [0.3, 0.4) is 0 Å². The molecule has 2 unspecified atom stereocenters. The van der Waals surface area contributed by atoms with Crippen molar-refractivity contribution in [3.63, 3.8) is 0 Å². The van der Waals surface area contributed by atoms with Crippen molar-refractivity contribution >= 4 is 5.97 Å². The Bertz CT molecular complexity index is 189. The molecule has 0 aliphatic carbocycles. The summed E-state index contributed by atoms with van der Waals surface area (Å²) in [5.74, 6) is -0.444. The largest absolute Gasteiger partial charge is 0.468 e. The van der Waals surface area contributed by atoms with Crippen molar-refractivity contribution in [3.05, 3.63) is 0 Å². The van der Waals surface area contributed by atoms with E-state index >= 15 is 0 Å². The summed E-state index contributed by atoms with van der Waals surface area (Å²) in [5, 5.41) is 2.73. The van der Waals surface area contributed by atoms with Gasteiger partial charge in [0.25, 0.3) is 0 Å². The number of hydrogen-bond donors (Lipinski definition) is 1. The SMILES string of the molecule is COC(=O)C1CC(OC(F)F)CN1. The van der Waals surface area contributed by atoms with E-state index in [2.05, 4.69) is 14.8 Å². The molecule has 0 aromatic rings. The normalized spacial score (nSPS) is 28.0. The van der Waals surface area contributed by atoms with Crippen LogP contribution in [0, 0.1) is 0 Å². The van der Waals surface area contributed by atoms with Crippen molar-refractivity contribution in [2.45, 2.75) is 25.2 Å². The third kappa shape index (κ3) is 2.89. The standard InChI is InChI=1S/C7H11F2NO3/c1-12-6(11)5-2-4(3-10-5)13-7(8)9/h4-5,7,10H,2-3H2,1H3. The number of rotatable bonds is 3. The summed E-state index contributed by atoms with van der Waals surface area (Å²) < 4.78 is 32.1. The van der Waals surface area contributed by atoms with Crippen LogP contribution >= 0.6 is 0 Å². The predicted molar refractivity (Wildman–Crippen MR) is 39.3 cm³/mol. The van der Waals surface area contributed by atoms with E-state index in [1.54, 1.807) is 0 Å². The summed E-state index contributed by atoms with van der Waals surface area (Å²) >= 11 is 0. The summed E-state index contributed by atoms with van der Waals surface area (Å²) in [6.45, 7) is -2.53. The maximum absolute atomic E-state index is 11.7. The maximum Gasteiger partial charge on any atom is 0.345 e. The molecule has 1 aliphatic heterocycles. The molecular weight excluding hydrogens is 184 g/mol. The van der Waals surface area contributed by atoms with Gasteiger partial charge in [-0.15, -0.1) is 0 Å². The molecule has 1 aliphatic rings. The monoisotopic (exact) mass is 195 g/mol. The van der Waals surface area contributed by atoms with Crippen LogP contribution in [0.2, 0.25) is 0 Å². The van der Waals surface area contributed by atoms with Crippen LogP contribution in [-0.4, -0.2) is 38.4 Å². The lowest BCUT2D eigenvalue weighted by atomic mass is 10.2. The van der Waals surface area contributed by atoms with Gasteiger partial charge in [0.2, 0.25) is 0 Å². The first-order chi connectivity index (χ1) is 6.13. The van der Waals surface area contributed by atoms with E-state index in [0.717, 1.165) is 0 Å². The number of hydrogen-bond acceptors (Lipinski definition) is 4. The molecule has 6 heteroatoms. The molecule has 4 nitrogen and oxygen atoms in total. The van der Waals surface area contributed by atoms with E-state index in [9.17, 15) is 13.6 Å². The highest BCUT2D eigenvalue weighted by molar-refractivity contribution is 5.76. The van der Waals surface area contributed by atoms with Gasteiger partial charge in [0.05, 0.1) is 13.2 Å². The molecule has 13 heavy (non-hydrogen) atoms. The first-order valence-corrected chi connectivity index (χ1v) is 3.88. The number of esters is 1. The fourth-order valence-electron chi connectivity index (χ4n) is 1.27. The fraction of sp³-hybridized carbons (Fsp3) is 0.857. The van der Waals surface area contributed by atoms with E-state index in [1.807, 2.05) is 0 Å². The number of carbonyl (C=O) groups excluding carboxylic acids is 1. The smallest absolute Gasteiger partial charge is 0.345 e.